The maximum atomic E-state index is 12.4. The predicted octanol–water partition coefficient (Wildman–Crippen LogP) is 3.03. The van der Waals surface area contributed by atoms with Crippen LogP contribution in [0.5, 0.6) is 0 Å². The van der Waals surface area contributed by atoms with Crippen LogP contribution in [0, 0.1) is 0 Å². The zero-order chi connectivity index (χ0) is 13.9. The van der Waals surface area contributed by atoms with Gasteiger partial charge in [-0.1, -0.05) is 48.5 Å². The molecule has 3 heteroatoms. The van der Waals surface area contributed by atoms with Crippen molar-refractivity contribution in [1.29, 1.82) is 0 Å². The minimum atomic E-state index is -0.231. The third-order valence-corrected chi connectivity index (χ3v) is 3.22. The molecule has 0 bridgehead atoms. The van der Waals surface area contributed by atoms with Crippen molar-refractivity contribution in [3.05, 3.63) is 71.8 Å². The van der Waals surface area contributed by atoms with Gasteiger partial charge in [-0.3, -0.25) is 9.59 Å². The van der Waals surface area contributed by atoms with Gasteiger partial charge in [-0.25, -0.2) is 4.90 Å². The Morgan fingerprint density at radius 3 is 2.10 bits per heavy atom. The minimum absolute atomic E-state index is 0.155. The SMILES string of the molecule is O=C1C/C(=C\c2ccccc2)C(=O)N1c1ccccc1. The van der Waals surface area contributed by atoms with Crippen molar-refractivity contribution in [3.8, 4) is 0 Å². The highest BCUT2D eigenvalue weighted by Crippen LogP contribution is 2.26. The molecule has 1 heterocycles. The molecule has 0 N–H and O–H groups in total. The number of rotatable bonds is 2. The van der Waals surface area contributed by atoms with Gasteiger partial charge in [-0.05, 0) is 23.8 Å². The van der Waals surface area contributed by atoms with Gasteiger partial charge in [-0.2, -0.15) is 0 Å². The van der Waals surface area contributed by atoms with E-state index in [0.717, 1.165) is 5.56 Å². The number of nitrogens with zero attached hydrogens (tertiary/aromatic N) is 1. The van der Waals surface area contributed by atoms with E-state index in [9.17, 15) is 9.59 Å². The van der Waals surface area contributed by atoms with Gasteiger partial charge in [-0.15, -0.1) is 0 Å². The molecule has 20 heavy (non-hydrogen) atoms. The molecule has 1 saturated heterocycles. The quantitative estimate of drug-likeness (QED) is 0.617. The van der Waals surface area contributed by atoms with Crippen molar-refractivity contribution >= 4 is 23.6 Å². The van der Waals surface area contributed by atoms with Gasteiger partial charge in [0.15, 0.2) is 0 Å². The molecule has 0 atom stereocenters. The molecule has 3 nitrogen and oxygen atoms in total. The Hall–Kier alpha value is -2.68. The van der Waals surface area contributed by atoms with Gasteiger partial charge in [0.1, 0.15) is 0 Å². The lowest BCUT2D eigenvalue weighted by Gasteiger charge is -2.12. The molecule has 0 aromatic heterocycles. The number of hydrogen-bond donors (Lipinski definition) is 0. The maximum absolute atomic E-state index is 12.4. The average Bonchev–Trinajstić information content (AvgIpc) is 2.75. The zero-order valence-electron chi connectivity index (χ0n) is 10.8. The smallest absolute Gasteiger partial charge is 0.261 e. The molecule has 2 aromatic carbocycles. The van der Waals surface area contributed by atoms with Crippen molar-refractivity contribution in [2.45, 2.75) is 6.42 Å². The second kappa shape index (κ2) is 5.13. The standard InChI is InChI=1S/C17H13NO2/c19-16-12-14(11-13-7-3-1-4-8-13)17(20)18(16)15-9-5-2-6-10-15/h1-11H,12H2/b14-11+. The second-order valence-corrected chi connectivity index (χ2v) is 4.63. The Bertz CT molecular complexity index is 675. The number of anilines is 1. The first-order valence-corrected chi connectivity index (χ1v) is 6.43. The molecule has 1 aliphatic rings. The van der Waals surface area contributed by atoms with Crippen molar-refractivity contribution in [3.63, 3.8) is 0 Å². The van der Waals surface area contributed by atoms with E-state index in [1.807, 2.05) is 48.5 Å². The molecule has 0 aliphatic carbocycles. The van der Waals surface area contributed by atoms with E-state index in [0.29, 0.717) is 11.3 Å². The van der Waals surface area contributed by atoms with Crippen LogP contribution in [0.3, 0.4) is 0 Å². The van der Waals surface area contributed by atoms with Crippen molar-refractivity contribution in [2.75, 3.05) is 4.90 Å². The third-order valence-electron chi connectivity index (χ3n) is 3.22. The highest BCUT2D eigenvalue weighted by Gasteiger charge is 2.34. The minimum Gasteiger partial charge on any atom is -0.274 e. The fraction of sp³-hybridized carbons (Fsp3) is 0.0588. The molecule has 98 valence electrons. The number of carbonyl (C=O) groups excluding carboxylic acids is 2. The molecule has 0 spiro atoms. The average molecular weight is 263 g/mol. The topological polar surface area (TPSA) is 37.4 Å². The van der Waals surface area contributed by atoms with Crippen LogP contribution in [-0.2, 0) is 9.59 Å². The van der Waals surface area contributed by atoms with Gasteiger partial charge < -0.3 is 0 Å². The number of amides is 2. The van der Waals surface area contributed by atoms with E-state index in [-0.39, 0.29) is 18.2 Å². The summed E-state index contributed by atoms with van der Waals surface area (Å²) in [5.74, 6) is -0.409. The summed E-state index contributed by atoms with van der Waals surface area (Å²) in [5, 5.41) is 0. The van der Waals surface area contributed by atoms with E-state index >= 15 is 0 Å². The van der Waals surface area contributed by atoms with Crippen LogP contribution in [0.25, 0.3) is 6.08 Å². The molecular weight excluding hydrogens is 250 g/mol. The Balaban J connectivity index is 1.93. The summed E-state index contributed by atoms with van der Waals surface area (Å²) < 4.78 is 0. The third kappa shape index (κ3) is 2.26. The van der Waals surface area contributed by atoms with E-state index in [4.69, 9.17) is 0 Å². The molecule has 0 unspecified atom stereocenters. The summed E-state index contributed by atoms with van der Waals surface area (Å²) >= 11 is 0. The van der Waals surface area contributed by atoms with Crippen LogP contribution in [0.15, 0.2) is 66.2 Å². The fourth-order valence-electron chi connectivity index (χ4n) is 2.28. The molecular formula is C17H13NO2. The lowest BCUT2D eigenvalue weighted by Crippen LogP contribution is -2.28. The van der Waals surface area contributed by atoms with E-state index in [2.05, 4.69) is 0 Å². The normalized spacial score (nSPS) is 17.0. The van der Waals surface area contributed by atoms with Crippen LogP contribution < -0.4 is 4.90 Å². The summed E-state index contributed by atoms with van der Waals surface area (Å²) in [7, 11) is 0. The number of benzene rings is 2. The monoisotopic (exact) mass is 263 g/mol. The summed E-state index contributed by atoms with van der Waals surface area (Å²) in [4.78, 5) is 25.7. The van der Waals surface area contributed by atoms with Gasteiger partial charge in [0.25, 0.3) is 5.91 Å². The lowest BCUT2D eigenvalue weighted by atomic mass is 10.1. The maximum Gasteiger partial charge on any atom is 0.261 e. The highest BCUT2D eigenvalue weighted by atomic mass is 16.2. The Morgan fingerprint density at radius 1 is 0.850 bits per heavy atom. The molecule has 0 saturated carbocycles. The van der Waals surface area contributed by atoms with Crippen molar-refractivity contribution < 1.29 is 9.59 Å². The largest absolute Gasteiger partial charge is 0.274 e. The van der Waals surface area contributed by atoms with Crippen LogP contribution in [0.1, 0.15) is 12.0 Å². The van der Waals surface area contributed by atoms with Gasteiger partial charge in [0.05, 0.1) is 12.1 Å². The van der Waals surface area contributed by atoms with Gasteiger partial charge >= 0.3 is 0 Å². The Morgan fingerprint density at radius 2 is 1.45 bits per heavy atom. The first-order valence-electron chi connectivity index (χ1n) is 6.43. The predicted molar refractivity (Wildman–Crippen MR) is 78.0 cm³/mol. The van der Waals surface area contributed by atoms with Crippen LogP contribution in [0.2, 0.25) is 0 Å². The molecule has 3 rings (SSSR count). The fourth-order valence-corrected chi connectivity index (χ4v) is 2.28. The first kappa shape index (κ1) is 12.4. The van der Waals surface area contributed by atoms with E-state index in [1.165, 1.54) is 4.90 Å². The van der Waals surface area contributed by atoms with Crippen LogP contribution in [-0.4, -0.2) is 11.8 Å². The molecule has 2 aromatic rings. The highest BCUT2D eigenvalue weighted by molar-refractivity contribution is 6.29. The second-order valence-electron chi connectivity index (χ2n) is 4.63. The summed E-state index contributed by atoms with van der Waals surface area (Å²) in [6, 6.07) is 18.6. The molecule has 0 radical (unpaired) electrons. The Kier molecular flexibility index (Phi) is 3.17. The first-order chi connectivity index (χ1) is 9.75. The van der Waals surface area contributed by atoms with Crippen molar-refractivity contribution in [2.24, 2.45) is 0 Å². The number of hydrogen-bond acceptors (Lipinski definition) is 2. The Labute approximate surface area is 117 Å². The molecule has 2 amide bonds. The van der Waals surface area contributed by atoms with Crippen molar-refractivity contribution in [1.82, 2.24) is 0 Å². The molecule has 1 fully saturated rings. The van der Waals surface area contributed by atoms with Gasteiger partial charge in [0, 0.05) is 5.57 Å². The number of carbonyl (C=O) groups is 2. The zero-order valence-corrected chi connectivity index (χ0v) is 10.8. The summed E-state index contributed by atoms with van der Waals surface area (Å²) in [5.41, 5.74) is 2.09. The summed E-state index contributed by atoms with van der Waals surface area (Å²) in [6.45, 7) is 0. The van der Waals surface area contributed by atoms with Gasteiger partial charge in [0.2, 0.25) is 5.91 Å². The summed E-state index contributed by atoms with van der Waals surface area (Å²) in [6.07, 6.45) is 1.94. The van der Waals surface area contributed by atoms with Crippen LogP contribution >= 0.6 is 0 Å². The molecule has 1 aliphatic heterocycles. The number of para-hydroxylation sites is 1. The number of imide groups is 1. The lowest BCUT2D eigenvalue weighted by molar-refractivity contribution is -0.120. The van der Waals surface area contributed by atoms with E-state index < -0.39 is 0 Å². The van der Waals surface area contributed by atoms with E-state index in [1.54, 1.807) is 18.2 Å². The van der Waals surface area contributed by atoms with Crippen LogP contribution in [0.4, 0.5) is 5.69 Å².